The minimum absolute atomic E-state index is 0.0235. The molecule has 47 heavy (non-hydrogen) atoms. The first-order valence-corrected chi connectivity index (χ1v) is 17.4. The fourth-order valence-corrected chi connectivity index (χ4v) is 10.1. The normalized spacial score (nSPS) is 37.1. The molecule has 4 aliphatic carbocycles. The van der Waals surface area contributed by atoms with Gasteiger partial charge < -0.3 is 28.2 Å². The molecule has 0 heterocycles. The lowest BCUT2D eigenvalue weighted by molar-refractivity contribution is -0.218. The zero-order valence-electron chi connectivity index (χ0n) is 26.7. The molecule has 0 aromatic heterocycles. The summed E-state index contributed by atoms with van der Waals surface area (Å²) in [4.78, 5) is 58.3. The van der Waals surface area contributed by atoms with E-state index in [1.54, 1.807) is 0 Å². The van der Waals surface area contributed by atoms with Crippen LogP contribution in [0.2, 0.25) is 0 Å². The topological polar surface area (TPSA) is 189 Å². The third kappa shape index (κ3) is 6.99. The molecule has 4 aliphatic rings. The van der Waals surface area contributed by atoms with Crippen LogP contribution in [-0.4, -0.2) is 81.1 Å². The summed E-state index contributed by atoms with van der Waals surface area (Å²) in [5, 5.41) is -5.26. The molecule has 0 spiro atoms. The molecule has 0 radical (unpaired) electrons. The van der Waals surface area contributed by atoms with Crippen LogP contribution in [0.25, 0.3) is 0 Å². The molecule has 0 bridgehead atoms. The van der Waals surface area contributed by atoms with Crippen molar-refractivity contribution in [2.24, 2.45) is 46.3 Å². The number of hydrogen-bond acceptors (Lipinski definition) is 13. The SMILES string of the molecule is C[C@H](CCC(=O)OCCOC(=O)C(F)(F)S(=O)(=O)[O-])[C@H]1CC[C@H]2[C@@H]3C(OC=O)C[C@@H]4CC(OC=O)CC[C@]4(C)[C@H]3CC(OC=O)[C@]12C. The number of ether oxygens (including phenoxy) is 5. The maximum atomic E-state index is 13.2. The standard InChI is InChI=1S/C31H44F2O13S/c1-18(4-7-26(37)42-10-11-43-28(38)31(32,33)47(39,40)41)21-5-6-22-27-23(14-25(46-17-36)30(21,22)3)29(2)9-8-20(44-15-34)12-19(29)13-24(27)45-16-35/h15-25,27H,4-14H2,1-3H3,(H,39,40,41)/p-1/t18-,19+,20?,21-,22+,23+,24?,25?,27+,29+,30-/m1/s1. The van der Waals surface area contributed by atoms with Crippen molar-refractivity contribution in [3.8, 4) is 0 Å². The van der Waals surface area contributed by atoms with Crippen molar-refractivity contribution in [2.75, 3.05) is 13.2 Å². The van der Waals surface area contributed by atoms with E-state index in [0.717, 1.165) is 25.7 Å². The Labute approximate surface area is 272 Å². The highest BCUT2D eigenvalue weighted by molar-refractivity contribution is 7.87. The summed E-state index contributed by atoms with van der Waals surface area (Å²) in [6.07, 6.45) is 4.41. The Morgan fingerprint density at radius 3 is 2.23 bits per heavy atom. The molecule has 4 rings (SSSR count). The Balaban J connectivity index is 1.42. The Morgan fingerprint density at radius 1 is 0.936 bits per heavy atom. The predicted octanol–water partition coefficient (Wildman–Crippen LogP) is 3.13. The highest BCUT2D eigenvalue weighted by atomic mass is 32.2. The summed E-state index contributed by atoms with van der Waals surface area (Å²) in [5.41, 5.74) is -0.624. The smallest absolute Gasteiger partial charge is 0.428 e. The Hall–Kier alpha value is -2.88. The van der Waals surface area contributed by atoms with Crippen molar-refractivity contribution in [3.05, 3.63) is 0 Å². The van der Waals surface area contributed by atoms with E-state index < -0.39 is 52.0 Å². The van der Waals surface area contributed by atoms with Crippen LogP contribution < -0.4 is 0 Å². The van der Waals surface area contributed by atoms with Gasteiger partial charge >= 0.3 is 17.2 Å². The first-order chi connectivity index (χ1) is 22.1. The average molecular weight is 694 g/mol. The second kappa shape index (κ2) is 14.3. The van der Waals surface area contributed by atoms with E-state index in [1.807, 2.05) is 6.92 Å². The highest BCUT2D eigenvalue weighted by Gasteiger charge is 2.67. The molecule has 0 aromatic carbocycles. The van der Waals surface area contributed by atoms with Crippen molar-refractivity contribution in [2.45, 2.75) is 102 Å². The summed E-state index contributed by atoms with van der Waals surface area (Å²) in [6.45, 7) is 6.34. The van der Waals surface area contributed by atoms with Crippen molar-refractivity contribution >= 4 is 41.5 Å². The summed E-state index contributed by atoms with van der Waals surface area (Å²) in [5.74, 6) is -2.93. The fourth-order valence-electron chi connectivity index (χ4n) is 9.84. The van der Waals surface area contributed by atoms with Gasteiger partial charge in [0.05, 0.1) is 0 Å². The molecule has 13 nitrogen and oxygen atoms in total. The minimum Gasteiger partial charge on any atom is -0.743 e. The van der Waals surface area contributed by atoms with Gasteiger partial charge in [-0.3, -0.25) is 19.2 Å². The number of carbonyl (C=O) groups is 5. The number of alkyl halides is 2. The highest BCUT2D eigenvalue weighted by Crippen LogP contribution is 2.69. The maximum absolute atomic E-state index is 13.2. The average Bonchev–Trinajstić information content (AvgIpc) is 3.36. The van der Waals surface area contributed by atoms with Crippen LogP contribution in [0.15, 0.2) is 0 Å². The number of hydrogen-bond donors (Lipinski definition) is 0. The summed E-state index contributed by atoms with van der Waals surface area (Å²) in [7, 11) is -6.26. The number of esters is 2. The van der Waals surface area contributed by atoms with E-state index in [9.17, 15) is 45.7 Å². The van der Waals surface area contributed by atoms with Crippen molar-refractivity contribution in [1.82, 2.24) is 0 Å². The van der Waals surface area contributed by atoms with Crippen molar-refractivity contribution in [3.63, 3.8) is 0 Å². The molecule has 266 valence electrons. The number of fused-ring (bicyclic) bond motifs is 5. The van der Waals surface area contributed by atoms with Gasteiger partial charge in [0.1, 0.15) is 31.5 Å². The van der Waals surface area contributed by atoms with Gasteiger partial charge in [-0.1, -0.05) is 20.8 Å². The lowest BCUT2D eigenvalue weighted by Gasteiger charge is -2.64. The molecule has 4 fully saturated rings. The van der Waals surface area contributed by atoms with Crippen LogP contribution in [0, 0.1) is 46.3 Å². The Morgan fingerprint density at radius 2 is 1.60 bits per heavy atom. The number of rotatable bonds is 15. The first-order valence-electron chi connectivity index (χ1n) is 16.0. The van der Waals surface area contributed by atoms with Gasteiger partial charge in [0.15, 0.2) is 10.1 Å². The number of carbonyl (C=O) groups excluding carboxylic acids is 5. The summed E-state index contributed by atoms with van der Waals surface area (Å²) < 4.78 is 84.0. The molecular weight excluding hydrogens is 650 g/mol. The second-order valence-electron chi connectivity index (χ2n) is 14.0. The van der Waals surface area contributed by atoms with Crippen molar-refractivity contribution < 1.29 is 69.4 Å². The second-order valence-corrected chi connectivity index (χ2v) is 15.4. The molecule has 3 unspecified atom stereocenters. The molecule has 0 saturated heterocycles. The van der Waals surface area contributed by atoms with Gasteiger partial charge in [0.2, 0.25) is 0 Å². The monoisotopic (exact) mass is 693 g/mol. The summed E-state index contributed by atoms with van der Waals surface area (Å²) >= 11 is 0. The molecule has 0 amide bonds. The van der Waals surface area contributed by atoms with E-state index in [1.165, 1.54) is 0 Å². The zero-order valence-corrected chi connectivity index (χ0v) is 27.5. The van der Waals surface area contributed by atoms with E-state index >= 15 is 0 Å². The largest absolute Gasteiger partial charge is 0.743 e. The minimum atomic E-state index is -6.26. The van der Waals surface area contributed by atoms with Crippen LogP contribution in [-0.2, 0) is 57.8 Å². The molecule has 4 saturated carbocycles. The maximum Gasteiger partial charge on any atom is 0.428 e. The van der Waals surface area contributed by atoms with Gasteiger partial charge in [-0.2, -0.15) is 8.78 Å². The van der Waals surface area contributed by atoms with Gasteiger partial charge in [-0.15, -0.1) is 0 Å². The lowest BCUT2D eigenvalue weighted by atomic mass is 9.43. The van der Waals surface area contributed by atoms with Gasteiger partial charge in [0.25, 0.3) is 19.4 Å². The molecule has 0 N–H and O–H groups in total. The van der Waals surface area contributed by atoms with Crippen LogP contribution in [0.1, 0.15) is 78.6 Å². The van der Waals surface area contributed by atoms with Crippen LogP contribution >= 0.6 is 0 Å². The lowest BCUT2D eigenvalue weighted by Crippen LogP contribution is -2.63. The van der Waals surface area contributed by atoms with E-state index in [-0.39, 0.29) is 59.6 Å². The van der Waals surface area contributed by atoms with E-state index in [2.05, 4.69) is 18.6 Å². The van der Waals surface area contributed by atoms with E-state index in [0.29, 0.717) is 45.1 Å². The third-order valence-electron chi connectivity index (χ3n) is 12.1. The van der Waals surface area contributed by atoms with Gasteiger partial charge in [-0.25, -0.2) is 13.2 Å². The van der Waals surface area contributed by atoms with Crippen LogP contribution in [0.5, 0.6) is 0 Å². The molecule has 16 heteroatoms. The molecule has 11 atom stereocenters. The fraction of sp³-hybridized carbons (Fsp3) is 0.839. The van der Waals surface area contributed by atoms with Crippen LogP contribution in [0.4, 0.5) is 8.78 Å². The molecular formula is C31H43F2O13S-. The zero-order chi connectivity index (χ0) is 34.8. The Kier molecular flexibility index (Phi) is 11.2. The van der Waals surface area contributed by atoms with Crippen LogP contribution in [0.3, 0.4) is 0 Å². The van der Waals surface area contributed by atoms with Crippen molar-refractivity contribution in [1.29, 1.82) is 0 Å². The number of halogens is 2. The molecule has 0 aromatic rings. The first kappa shape index (κ1) is 36.9. The van der Waals surface area contributed by atoms with E-state index in [4.69, 9.17) is 18.9 Å². The van der Waals surface area contributed by atoms with Gasteiger partial charge in [-0.05, 0) is 86.4 Å². The third-order valence-corrected chi connectivity index (χ3v) is 12.9. The predicted molar refractivity (Wildman–Crippen MR) is 154 cm³/mol. The Bertz CT molecular complexity index is 1290. The van der Waals surface area contributed by atoms with Gasteiger partial charge in [0, 0.05) is 17.8 Å². The molecule has 0 aliphatic heterocycles. The quantitative estimate of drug-likeness (QED) is 0.0801. The summed E-state index contributed by atoms with van der Waals surface area (Å²) in [6, 6.07) is 0.